The first-order valence-electron chi connectivity index (χ1n) is 10.7. The fourth-order valence-corrected chi connectivity index (χ4v) is 5.44. The van der Waals surface area contributed by atoms with Crippen LogP contribution in [0.4, 0.5) is 0 Å². The van der Waals surface area contributed by atoms with Crippen molar-refractivity contribution in [2.24, 2.45) is 10.9 Å². The van der Waals surface area contributed by atoms with Crippen LogP contribution in [-0.4, -0.2) is 83.7 Å². The highest BCUT2D eigenvalue weighted by atomic mass is 127. The summed E-state index contributed by atoms with van der Waals surface area (Å²) in [5, 5.41) is 3.39. The molecule has 0 aromatic heterocycles. The second kappa shape index (κ2) is 12.9. The first-order valence-corrected chi connectivity index (χ1v) is 12.1. The molecule has 2 aliphatic heterocycles. The predicted octanol–water partition coefficient (Wildman–Crippen LogP) is 2.15. The lowest BCUT2D eigenvalue weighted by Gasteiger charge is -2.22. The van der Waals surface area contributed by atoms with E-state index in [4.69, 9.17) is 9.47 Å². The number of ether oxygens (including phenoxy) is 2. The predicted molar refractivity (Wildman–Crippen MR) is 132 cm³/mol. The maximum Gasteiger partial charge on any atom is 0.243 e. The van der Waals surface area contributed by atoms with Gasteiger partial charge < -0.3 is 19.7 Å². The lowest BCUT2D eigenvalue weighted by molar-refractivity contribution is 0.0536. The molecule has 0 amide bonds. The number of aliphatic imine (C=N–C) groups is 1. The summed E-state index contributed by atoms with van der Waals surface area (Å²) in [4.78, 5) is 7.02. The van der Waals surface area contributed by atoms with Crippen LogP contribution in [0.15, 0.2) is 34.2 Å². The van der Waals surface area contributed by atoms with E-state index in [9.17, 15) is 8.42 Å². The number of benzene rings is 1. The lowest BCUT2D eigenvalue weighted by Crippen LogP contribution is -2.39. The highest BCUT2D eigenvalue weighted by Gasteiger charge is 2.27. The molecule has 0 radical (unpaired) electrons. The third-order valence-corrected chi connectivity index (χ3v) is 7.57. The number of hydrogen-bond donors (Lipinski definition) is 1. The van der Waals surface area contributed by atoms with Gasteiger partial charge in [0.1, 0.15) is 0 Å². The van der Waals surface area contributed by atoms with Gasteiger partial charge >= 0.3 is 0 Å². The number of rotatable bonds is 9. The van der Waals surface area contributed by atoms with Gasteiger partial charge in [0, 0.05) is 52.8 Å². The van der Waals surface area contributed by atoms with E-state index in [2.05, 4.69) is 15.2 Å². The molecular weight excluding hydrogens is 531 g/mol. The molecule has 1 N–H and O–H groups in total. The monoisotopic (exact) mass is 566 g/mol. The van der Waals surface area contributed by atoms with Crippen molar-refractivity contribution in [1.29, 1.82) is 0 Å². The summed E-state index contributed by atoms with van der Waals surface area (Å²) in [7, 11) is 0.104. The molecule has 0 aliphatic carbocycles. The van der Waals surface area contributed by atoms with Gasteiger partial charge in [0.25, 0.3) is 0 Å². The Morgan fingerprint density at radius 3 is 2.52 bits per heavy atom. The van der Waals surface area contributed by atoms with Crippen molar-refractivity contribution in [3.8, 4) is 0 Å². The van der Waals surface area contributed by atoms with E-state index in [1.807, 2.05) is 12.1 Å². The van der Waals surface area contributed by atoms with Gasteiger partial charge in [-0.2, -0.15) is 4.31 Å². The summed E-state index contributed by atoms with van der Waals surface area (Å²) < 4.78 is 37.5. The summed E-state index contributed by atoms with van der Waals surface area (Å²) in [5.41, 5.74) is 1.02. The van der Waals surface area contributed by atoms with E-state index in [1.165, 1.54) is 0 Å². The smallest absolute Gasteiger partial charge is 0.243 e. The van der Waals surface area contributed by atoms with Crippen molar-refractivity contribution < 1.29 is 17.9 Å². The largest absolute Gasteiger partial charge is 0.382 e. The molecule has 176 valence electrons. The molecule has 0 bridgehead atoms. The molecule has 1 aromatic carbocycles. The highest BCUT2D eigenvalue weighted by molar-refractivity contribution is 14.0. The minimum atomic E-state index is -3.36. The van der Waals surface area contributed by atoms with Crippen LogP contribution in [0.25, 0.3) is 0 Å². The van der Waals surface area contributed by atoms with E-state index < -0.39 is 10.0 Å². The van der Waals surface area contributed by atoms with Crippen molar-refractivity contribution in [2.75, 3.05) is 60.2 Å². The van der Waals surface area contributed by atoms with Gasteiger partial charge in [0.15, 0.2) is 5.96 Å². The van der Waals surface area contributed by atoms with E-state index in [-0.39, 0.29) is 24.0 Å². The van der Waals surface area contributed by atoms with Crippen LogP contribution in [0.3, 0.4) is 0 Å². The molecule has 2 heterocycles. The standard InChI is InChI=1S/C21H34N4O4S.HI/c1-22-21(24-12-9-19(16-24)17-29-14-13-28-2)23-15-18-5-7-20(8-6-18)30(26,27)25-10-3-4-11-25;/h5-8,19H,3-4,9-17H2,1-2H3,(H,22,23);1H. The van der Waals surface area contributed by atoms with Crippen LogP contribution in [0.1, 0.15) is 24.8 Å². The van der Waals surface area contributed by atoms with Crippen molar-refractivity contribution >= 4 is 40.0 Å². The Morgan fingerprint density at radius 2 is 1.87 bits per heavy atom. The van der Waals surface area contributed by atoms with E-state index in [1.54, 1.807) is 30.6 Å². The number of nitrogens with one attached hydrogen (secondary N) is 1. The molecule has 0 saturated carbocycles. The molecule has 10 heteroatoms. The molecule has 2 fully saturated rings. The van der Waals surface area contributed by atoms with Crippen LogP contribution in [0.5, 0.6) is 0 Å². The minimum absolute atomic E-state index is 0. The average molecular weight is 567 g/mol. The molecule has 1 unspecified atom stereocenters. The molecule has 3 rings (SSSR count). The van der Waals surface area contributed by atoms with Crippen LogP contribution >= 0.6 is 24.0 Å². The molecule has 0 spiro atoms. The third-order valence-electron chi connectivity index (χ3n) is 5.66. The molecule has 31 heavy (non-hydrogen) atoms. The average Bonchev–Trinajstić information content (AvgIpc) is 3.45. The number of guanidine groups is 1. The van der Waals surface area contributed by atoms with Crippen LogP contribution in [-0.2, 0) is 26.0 Å². The molecule has 2 saturated heterocycles. The number of methoxy groups -OCH3 is 1. The fourth-order valence-electron chi connectivity index (χ4n) is 3.92. The quantitative estimate of drug-likeness (QED) is 0.214. The van der Waals surface area contributed by atoms with Crippen molar-refractivity contribution in [3.05, 3.63) is 29.8 Å². The Labute approximate surface area is 203 Å². The van der Waals surface area contributed by atoms with Gasteiger partial charge in [-0.05, 0) is 37.0 Å². The Balaban J connectivity index is 0.00000341. The first-order chi connectivity index (χ1) is 14.5. The third kappa shape index (κ3) is 7.28. The van der Waals surface area contributed by atoms with Crippen molar-refractivity contribution in [1.82, 2.24) is 14.5 Å². The Hall–Kier alpha value is -0.950. The van der Waals surface area contributed by atoms with Crippen LogP contribution < -0.4 is 5.32 Å². The second-order valence-electron chi connectivity index (χ2n) is 7.82. The topological polar surface area (TPSA) is 83.5 Å². The van der Waals surface area contributed by atoms with Crippen LogP contribution in [0.2, 0.25) is 0 Å². The van der Waals surface area contributed by atoms with Crippen molar-refractivity contribution in [3.63, 3.8) is 0 Å². The molecular formula is C21H35IN4O4S. The zero-order chi connectivity index (χ0) is 21.4. The van der Waals surface area contributed by atoms with Gasteiger partial charge in [0.2, 0.25) is 10.0 Å². The maximum absolute atomic E-state index is 12.6. The number of halogens is 1. The molecule has 2 aliphatic rings. The van der Waals surface area contributed by atoms with Gasteiger partial charge in [-0.1, -0.05) is 12.1 Å². The van der Waals surface area contributed by atoms with Gasteiger partial charge in [-0.3, -0.25) is 4.99 Å². The summed E-state index contributed by atoms with van der Waals surface area (Å²) in [5.74, 6) is 1.36. The molecule has 1 atom stereocenters. The maximum atomic E-state index is 12.6. The summed E-state index contributed by atoms with van der Waals surface area (Å²) in [6, 6.07) is 7.16. The number of hydrogen-bond acceptors (Lipinski definition) is 5. The lowest BCUT2D eigenvalue weighted by atomic mass is 10.1. The SMILES string of the molecule is CN=C(NCc1ccc(S(=O)(=O)N2CCCC2)cc1)N1CCC(COCCOC)C1.I. The first kappa shape index (κ1) is 26.3. The zero-order valence-corrected chi connectivity index (χ0v) is 21.6. The van der Waals surface area contributed by atoms with Crippen molar-refractivity contribution in [2.45, 2.75) is 30.7 Å². The van der Waals surface area contributed by atoms with E-state index >= 15 is 0 Å². The summed E-state index contributed by atoms with van der Waals surface area (Å²) >= 11 is 0. The van der Waals surface area contributed by atoms with E-state index in [0.717, 1.165) is 50.5 Å². The molecule has 1 aromatic rings. The normalized spacial score (nSPS) is 20.1. The number of nitrogens with zero attached hydrogens (tertiary/aromatic N) is 3. The number of likely N-dealkylation sites (tertiary alicyclic amines) is 1. The van der Waals surface area contributed by atoms with E-state index in [0.29, 0.717) is 43.7 Å². The Kier molecular flexibility index (Phi) is 11.0. The van der Waals surface area contributed by atoms with Gasteiger partial charge in [-0.25, -0.2) is 8.42 Å². The fraction of sp³-hybridized carbons (Fsp3) is 0.667. The Bertz CT molecular complexity index is 798. The number of sulfonamides is 1. The van der Waals surface area contributed by atoms with Crippen LogP contribution in [0, 0.1) is 5.92 Å². The second-order valence-corrected chi connectivity index (χ2v) is 9.76. The molecule has 8 nitrogen and oxygen atoms in total. The van der Waals surface area contributed by atoms with Gasteiger partial charge in [0.05, 0.1) is 24.7 Å². The summed E-state index contributed by atoms with van der Waals surface area (Å²) in [6.07, 6.45) is 2.96. The zero-order valence-electron chi connectivity index (χ0n) is 18.5. The minimum Gasteiger partial charge on any atom is -0.382 e. The highest BCUT2D eigenvalue weighted by Crippen LogP contribution is 2.21. The summed E-state index contributed by atoms with van der Waals surface area (Å²) in [6.45, 7) is 5.70. The Morgan fingerprint density at radius 1 is 1.16 bits per heavy atom. The van der Waals surface area contributed by atoms with Gasteiger partial charge in [-0.15, -0.1) is 24.0 Å².